The molecule has 0 saturated carbocycles. The number of nitrogens with one attached hydrogen (secondary N) is 3. The van der Waals surface area contributed by atoms with Crippen molar-refractivity contribution in [1.82, 2.24) is 15.8 Å². The standard InChI is InChI=1S/C16H16ClN5OS2/c1-9-15(24-6-5-18)25-16(19-9)20-14(23)13-8-12(21-22-13)10-3-2-4-11(17)7-10/h2-4,7,12-13,21-22H,6,8H2,1H3,(H,19,20,23). The summed E-state index contributed by atoms with van der Waals surface area (Å²) in [7, 11) is 0. The molecule has 1 amide bonds. The summed E-state index contributed by atoms with van der Waals surface area (Å²) in [6.07, 6.45) is 0.618. The maximum Gasteiger partial charge on any atom is 0.244 e. The molecule has 3 rings (SSSR count). The number of aromatic nitrogens is 1. The lowest BCUT2D eigenvalue weighted by molar-refractivity contribution is -0.117. The molecule has 0 bridgehead atoms. The molecule has 6 nitrogen and oxygen atoms in total. The number of halogens is 1. The second-order valence-corrected chi connectivity index (χ2v) is 8.19. The van der Waals surface area contributed by atoms with E-state index >= 15 is 0 Å². The number of amides is 1. The van der Waals surface area contributed by atoms with Gasteiger partial charge in [-0.15, -0.1) is 0 Å². The summed E-state index contributed by atoms with van der Waals surface area (Å²) < 4.78 is 0.950. The fraction of sp³-hybridized carbons (Fsp3) is 0.312. The number of thioether (sulfide) groups is 1. The molecular weight excluding hydrogens is 378 g/mol. The lowest BCUT2D eigenvalue weighted by Gasteiger charge is -2.09. The van der Waals surface area contributed by atoms with Gasteiger partial charge in [0.15, 0.2) is 5.13 Å². The first-order valence-electron chi connectivity index (χ1n) is 7.61. The Labute approximate surface area is 158 Å². The van der Waals surface area contributed by atoms with Crippen LogP contribution in [0.4, 0.5) is 5.13 Å². The molecule has 1 aromatic heterocycles. The van der Waals surface area contributed by atoms with E-state index in [0.29, 0.717) is 22.3 Å². The van der Waals surface area contributed by atoms with Crippen molar-refractivity contribution in [2.45, 2.75) is 29.6 Å². The molecule has 130 valence electrons. The van der Waals surface area contributed by atoms with E-state index in [1.165, 1.54) is 23.1 Å². The Morgan fingerprint density at radius 1 is 1.56 bits per heavy atom. The number of carbonyl (C=O) groups is 1. The van der Waals surface area contributed by atoms with Crippen molar-refractivity contribution >= 4 is 45.7 Å². The van der Waals surface area contributed by atoms with E-state index in [2.05, 4.69) is 27.2 Å². The van der Waals surface area contributed by atoms with Gasteiger partial charge in [0.1, 0.15) is 6.04 Å². The number of thiazole rings is 1. The number of hydrazine groups is 1. The third-order valence-corrected chi connectivity index (χ3v) is 6.26. The van der Waals surface area contributed by atoms with Crippen molar-refractivity contribution in [1.29, 1.82) is 5.26 Å². The monoisotopic (exact) mass is 393 g/mol. The molecule has 1 aromatic carbocycles. The van der Waals surface area contributed by atoms with Crippen LogP contribution in [0.15, 0.2) is 28.5 Å². The molecule has 1 aliphatic heterocycles. The first-order chi connectivity index (χ1) is 12.1. The van der Waals surface area contributed by atoms with Gasteiger partial charge in [0.25, 0.3) is 0 Å². The number of benzene rings is 1. The van der Waals surface area contributed by atoms with E-state index in [1.54, 1.807) is 0 Å². The predicted molar refractivity (Wildman–Crippen MR) is 101 cm³/mol. The van der Waals surface area contributed by atoms with Crippen LogP contribution in [0.3, 0.4) is 0 Å². The van der Waals surface area contributed by atoms with E-state index in [-0.39, 0.29) is 18.0 Å². The van der Waals surface area contributed by atoms with Crippen molar-refractivity contribution in [3.05, 3.63) is 40.5 Å². The van der Waals surface area contributed by atoms with Gasteiger partial charge < -0.3 is 5.32 Å². The molecule has 2 heterocycles. The van der Waals surface area contributed by atoms with Gasteiger partial charge in [-0.05, 0) is 31.0 Å². The summed E-state index contributed by atoms with van der Waals surface area (Å²) in [5.41, 5.74) is 8.02. The predicted octanol–water partition coefficient (Wildman–Crippen LogP) is 3.27. The zero-order valence-corrected chi connectivity index (χ0v) is 15.8. The molecular formula is C16H16ClN5OS2. The molecule has 9 heteroatoms. The van der Waals surface area contributed by atoms with Gasteiger partial charge in [-0.25, -0.2) is 15.8 Å². The zero-order chi connectivity index (χ0) is 17.8. The lowest BCUT2D eigenvalue weighted by atomic mass is 10.0. The minimum atomic E-state index is -0.358. The minimum absolute atomic E-state index is 0.0224. The molecule has 0 aliphatic carbocycles. The molecule has 0 radical (unpaired) electrons. The maximum atomic E-state index is 12.5. The van der Waals surface area contributed by atoms with Crippen LogP contribution in [-0.2, 0) is 4.79 Å². The average Bonchev–Trinajstić information content (AvgIpc) is 3.20. The zero-order valence-electron chi connectivity index (χ0n) is 13.4. The van der Waals surface area contributed by atoms with Crippen molar-refractivity contribution < 1.29 is 4.79 Å². The smallest absolute Gasteiger partial charge is 0.244 e. The number of hydrogen-bond donors (Lipinski definition) is 3. The van der Waals surface area contributed by atoms with Gasteiger partial charge >= 0.3 is 0 Å². The first kappa shape index (κ1) is 18.2. The number of rotatable bonds is 5. The minimum Gasteiger partial charge on any atom is -0.301 e. The maximum absolute atomic E-state index is 12.5. The van der Waals surface area contributed by atoms with Crippen molar-refractivity contribution in [2.24, 2.45) is 0 Å². The van der Waals surface area contributed by atoms with Crippen LogP contribution in [-0.4, -0.2) is 22.7 Å². The van der Waals surface area contributed by atoms with Crippen LogP contribution in [0.2, 0.25) is 5.02 Å². The van der Waals surface area contributed by atoms with Crippen molar-refractivity contribution in [3.8, 4) is 6.07 Å². The van der Waals surface area contributed by atoms with Crippen LogP contribution in [0, 0.1) is 18.3 Å². The quantitative estimate of drug-likeness (QED) is 0.675. The summed E-state index contributed by atoms with van der Waals surface area (Å²) in [4.78, 5) is 16.8. The normalized spacial score (nSPS) is 19.6. The fourth-order valence-corrected chi connectivity index (χ4v) is 4.53. The Balaban J connectivity index is 1.60. The third kappa shape index (κ3) is 4.51. The Morgan fingerprint density at radius 3 is 3.16 bits per heavy atom. The van der Waals surface area contributed by atoms with Crippen LogP contribution in [0.1, 0.15) is 23.7 Å². The number of nitriles is 1. The molecule has 3 N–H and O–H groups in total. The Bertz CT molecular complexity index is 819. The van der Waals surface area contributed by atoms with Gasteiger partial charge in [-0.2, -0.15) is 5.26 Å². The Kier molecular flexibility index (Phi) is 5.93. The number of nitrogens with zero attached hydrogens (tertiary/aromatic N) is 2. The molecule has 25 heavy (non-hydrogen) atoms. The van der Waals surface area contributed by atoms with Crippen LogP contribution in [0.5, 0.6) is 0 Å². The number of aryl methyl sites for hydroxylation is 1. The van der Waals surface area contributed by atoms with Gasteiger partial charge in [0.2, 0.25) is 5.91 Å². The van der Waals surface area contributed by atoms with E-state index in [4.69, 9.17) is 16.9 Å². The Morgan fingerprint density at radius 2 is 2.40 bits per heavy atom. The average molecular weight is 394 g/mol. The molecule has 2 unspecified atom stereocenters. The lowest BCUT2D eigenvalue weighted by Crippen LogP contribution is -2.39. The van der Waals surface area contributed by atoms with Gasteiger partial charge in [-0.3, -0.25) is 4.79 Å². The van der Waals surface area contributed by atoms with Gasteiger partial charge in [0, 0.05) is 11.1 Å². The SMILES string of the molecule is Cc1nc(NC(=O)C2CC(c3cccc(Cl)c3)NN2)sc1SCC#N. The van der Waals surface area contributed by atoms with E-state index < -0.39 is 0 Å². The van der Waals surface area contributed by atoms with Crippen LogP contribution < -0.4 is 16.2 Å². The summed E-state index contributed by atoms with van der Waals surface area (Å²) in [5.74, 6) is 0.230. The molecule has 1 saturated heterocycles. The summed E-state index contributed by atoms with van der Waals surface area (Å²) in [6.45, 7) is 1.87. The summed E-state index contributed by atoms with van der Waals surface area (Å²) >= 11 is 8.84. The highest BCUT2D eigenvalue weighted by Gasteiger charge is 2.30. The molecule has 0 spiro atoms. The van der Waals surface area contributed by atoms with E-state index in [1.807, 2.05) is 31.2 Å². The number of anilines is 1. The molecule has 1 fully saturated rings. The van der Waals surface area contributed by atoms with Gasteiger partial charge in [-0.1, -0.05) is 46.8 Å². The fourth-order valence-electron chi connectivity index (χ4n) is 2.53. The van der Waals surface area contributed by atoms with Crippen LogP contribution >= 0.6 is 34.7 Å². The number of carbonyl (C=O) groups excluding carboxylic acids is 1. The van der Waals surface area contributed by atoms with Gasteiger partial charge in [0.05, 0.1) is 21.7 Å². The van der Waals surface area contributed by atoms with E-state index in [9.17, 15) is 4.79 Å². The summed E-state index contributed by atoms with van der Waals surface area (Å²) in [6, 6.07) is 9.35. The molecule has 1 aliphatic rings. The highest BCUT2D eigenvalue weighted by molar-refractivity contribution is 8.01. The van der Waals surface area contributed by atoms with Crippen molar-refractivity contribution in [3.63, 3.8) is 0 Å². The second-order valence-electron chi connectivity index (χ2n) is 5.51. The topological polar surface area (TPSA) is 89.8 Å². The largest absolute Gasteiger partial charge is 0.301 e. The highest BCUT2D eigenvalue weighted by Crippen LogP contribution is 2.32. The molecule has 2 atom stereocenters. The molecule has 2 aromatic rings. The summed E-state index contributed by atoms with van der Waals surface area (Å²) in [5, 5.41) is 12.7. The van der Waals surface area contributed by atoms with Crippen LogP contribution in [0.25, 0.3) is 0 Å². The highest BCUT2D eigenvalue weighted by atomic mass is 35.5. The first-order valence-corrected chi connectivity index (χ1v) is 9.79. The third-order valence-electron chi connectivity index (χ3n) is 3.72. The van der Waals surface area contributed by atoms with Crippen molar-refractivity contribution in [2.75, 3.05) is 11.1 Å². The second kappa shape index (κ2) is 8.17. The number of hydrogen-bond acceptors (Lipinski definition) is 7. The Hall–Kier alpha value is -1.63. The van der Waals surface area contributed by atoms with E-state index in [0.717, 1.165) is 15.5 Å².